The van der Waals surface area contributed by atoms with E-state index in [0.717, 1.165) is 6.92 Å². The molecule has 1 aliphatic rings. The highest BCUT2D eigenvalue weighted by molar-refractivity contribution is 5.73. The van der Waals surface area contributed by atoms with Gasteiger partial charge in [0, 0.05) is 6.42 Å². The fourth-order valence-electron chi connectivity index (χ4n) is 1.92. The van der Waals surface area contributed by atoms with Crippen molar-refractivity contribution in [2.75, 3.05) is 6.54 Å². The average Bonchev–Trinajstić information content (AvgIpc) is 2.50. The van der Waals surface area contributed by atoms with Crippen LogP contribution in [0.2, 0.25) is 0 Å². The van der Waals surface area contributed by atoms with Crippen LogP contribution < -0.4 is 5.32 Å². The predicted octanol–water partition coefficient (Wildman–Crippen LogP) is 1.87. The second-order valence-corrected chi connectivity index (χ2v) is 4.36. The minimum atomic E-state index is -2.60. The summed E-state index contributed by atoms with van der Waals surface area (Å²) < 4.78 is 25.0. The molecule has 88 valence electrons. The summed E-state index contributed by atoms with van der Waals surface area (Å²) in [5.41, 5.74) is 0. The predicted molar refractivity (Wildman–Crippen MR) is 52.0 cm³/mol. The first-order chi connectivity index (χ1) is 6.88. The summed E-state index contributed by atoms with van der Waals surface area (Å²) in [6, 6.07) is -0.489. The van der Waals surface area contributed by atoms with Gasteiger partial charge >= 0.3 is 5.97 Å². The molecule has 1 rings (SSSR count). The van der Waals surface area contributed by atoms with Crippen molar-refractivity contribution >= 4 is 5.97 Å². The topological polar surface area (TPSA) is 49.3 Å². The van der Waals surface area contributed by atoms with Gasteiger partial charge in [0.25, 0.3) is 0 Å². The molecule has 0 aromatic heterocycles. The molecule has 2 N–H and O–H groups in total. The van der Waals surface area contributed by atoms with Crippen molar-refractivity contribution in [2.45, 2.75) is 44.6 Å². The van der Waals surface area contributed by atoms with Gasteiger partial charge < -0.3 is 10.4 Å². The summed E-state index contributed by atoms with van der Waals surface area (Å²) in [5, 5.41) is 11.6. The van der Waals surface area contributed by atoms with Gasteiger partial charge in [0.1, 0.15) is 6.04 Å². The Hall–Kier alpha value is -0.710. The Morgan fingerprint density at radius 3 is 2.73 bits per heavy atom. The lowest BCUT2D eigenvalue weighted by atomic mass is 9.98. The molecule has 0 bridgehead atoms. The Bertz CT molecular complexity index is 228. The van der Waals surface area contributed by atoms with Crippen LogP contribution in [0.15, 0.2) is 0 Å². The number of hydrogen-bond donors (Lipinski definition) is 2. The molecular weight excluding hydrogens is 204 g/mol. The lowest BCUT2D eigenvalue weighted by molar-refractivity contribution is -0.139. The zero-order chi connectivity index (χ0) is 11.5. The SMILES string of the molecule is CC(F)(F)CCCC1CNC(C(=O)O)C1. The highest BCUT2D eigenvalue weighted by Gasteiger charge is 2.29. The average molecular weight is 221 g/mol. The highest BCUT2D eigenvalue weighted by atomic mass is 19.3. The van der Waals surface area contributed by atoms with E-state index in [1.54, 1.807) is 0 Å². The van der Waals surface area contributed by atoms with Crippen LogP contribution in [0.4, 0.5) is 8.78 Å². The van der Waals surface area contributed by atoms with Gasteiger partial charge in [-0.25, -0.2) is 8.78 Å². The van der Waals surface area contributed by atoms with E-state index >= 15 is 0 Å². The molecule has 0 spiro atoms. The van der Waals surface area contributed by atoms with E-state index in [2.05, 4.69) is 5.32 Å². The lowest BCUT2D eigenvalue weighted by Crippen LogP contribution is -2.29. The van der Waals surface area contributed by atoms with Crippen molar-refractivity contribution in [2.24, 2.45) is 5.92 Å². The molecule has 1 aliphatic heterocycles. The van der Waals surface area contributed by atoms with Gasteiger partial charge in [-0.3, -0.25) is 4.79 Å². The first-order valence-electron chi connectivity index (χ1n) is 5.22. The molecule has 0 aliphatic carbocycles. The quantitative estimate of drug-likeness (QED) is 0.745. The zero-order valence-electron chi connectivity index (χ0n) is 8.80. The minimum Gasteiger partial charge on any atom is -0.480 e. The molecule has 5 heteroatoms. The molecule has 3 nitrogen and oxygen atoms in total. The number of carboxylic acid groups (broad SMARTS) is 1. The molecular formula is C10H17F2NO2. The summed E-state index contributed by atoms with van der Waals surface area (Å²) in [4.78, 5) is 10.6. The van der Waals surface area contributed by atoms with Gasteiger partial charge in [-0.2, -0.15) is 0 Å². The Morgan fingerprint density at radius 2 is 2.27 bits per heavy atom. The van der Waals surface area contributed by atoms with Gasteiger partial charge in [-0.15, -0.1) is 0 Å². The number of carboxylic acids is 1. The number of carbonyl (C=O) groups is 1. The summed E-state index contributed by atoms with van der Waals surface area (Å²) in [6.07, 6.45) is 1.59. The smallest absolute Gasteiger partial charge is 0.320 e. The molecule has 0 aromatic carbocycles. The molecule has 2 unspecified atom stereocenters. The van der Waals surface area contributed by atoms with Gasteiger partial charge in [0.15, 0.2) is 0 Å². The van der Waals surface area contributed by atoms with Gasteiger partial charge in [-0.1, -0.05) is 0 Å². The van der Waals surface area contributed by atoms with Crippen molar-refractivity contribution in [1.29, 1.82) is 0 Å². The lowest BCUT2D eigenvalue weighted by Gasteiger charge is -2.12. The Labute approximate surface area is 87.9 Å². The third-order valence-electron chi connectivity index (χ3n) is 2.75. The van der Waals surface area contributed by atoms with Crippen molar-refractivity contribution in [3.63, 3.8) is 0 Å². The van der Waals surface area contributed by atoms with Crippen molar-refractivity contribution in [1.82, 2.24) is 5.32 Å². The summed E-state index contributed by atoms with van der Waals surface area (Å²) >= 11 is 0. The molecule has 0 aromatic rings. The van der Waals surface area contributed by atoms with Crippen molar-refractivity contribution in [3.05, 3.63) is 0 Å². The van der Waals surface area contributed by atoms with E-state index in [0.29, 0.717) is 25.8 Å². The Morgan fingerprint density at radius 1 is 1.60 bits per heavy atom. The fraction of sp³-hybridized carbons (Fsp3) is 0.900. The zero-order valence-corrected chi connectivity index (χ0v) is 8.80. The standard InChI is InChI=1S/C10H17F2NO2/c1-10(11,12)4-2-3-7-5-8(9(14)15)13-6-7/h7-8,13H,2-6H2,1H3,(H,14,15). The largest absolute Gasteiger partial charge is 0.480 e. The number of aliphatic carboxylic acids is 1. The molecule has 0 amide bonds. The molecule has 1 saturated heterocycles. The van der Waals surface area contributed by atoms with E-state index in [4.69, 9.17) is 5.11 Å². The highest BCUT2D eigenvalue weighted by Crippen LogP contribution is 2.25. The van der Waals surface area contributed by atoms with Crippen LogP contribution in [-0.2, 0) is 4.79 Å². The van der Waals surface area contributed by atoms with Crippen LogP contribution in [-0.4, -0.2) is 29.6 Å². The molecule has 1 heterocycles. The maximum absolute atomic E-state index is 12.5. The van der Waals surface area contributed by atoms with Crippen LogP contribution >= 0.6 is 0 Å². The maximum atomic E-state index is 12.5. The van der Waals surface area contributed by atoms with E-state index < -0.39 is 17.9 Å². The third-order valence-corrected chi connectivity index (χ3v) is 2.75. The molecule has 2 atom stereocenters. The summed E-state index contributed by atoms with van der Waals surface area (Å²) in [5.74, 6) is -3.22. The van der Waals surface area contributed by atoms with Crippen LogP contribution in [0, 0.1) is 5.92 Å². The fourth-order valence-corrected chi connectivity index (χ4v) is 1.92. The number of nitrogens with one attached hydrogen (secondary N) is 1. The molecule has 1 fully saturated rings. The monoisotopic (exact) mass is 221 g/mol. The Balaban J connectivity index is 2.17. The van der Waals surface area contributed by atoms with Gasteiger partial charge in [-0.05, 0) is 38.6 Å². The summed E-state index contributed by atoms with van der Waals surface area (Å²) in [6.45, 7) is 1.55. The number of hydrogen-bond acceptors (Lipinski definition) is 2. The van der Waals surface area contributed by atoms with E-state index in [1.165, 1.54) is 0 Å². The van der Waals surface area contributed by atoms with Gasteiger partial charge in [0.2, 0.25) is 5.92 Å². The summed E-state index contributed by atoms with van der Waals surface area (Å²) in [7, 11) is 0. The van der Waals surface area contributed by atoms with E-state index in [-0.39, 0.29) is 12.3 Å². The van der Waals surface area contributed by atoms with Crippen molar-refractivity contribution < 1.29 is 18.7 Å². The Kier molecular flexibility index (Phi) is 4.02. The number of rotatable bonds is 5. The van der Waals surface area contributed by atoms with Gasteiger partial charge in [0.05, 0.1) is 0 Å². The van der Waals surface area contributed by atoms with Crippen molar-refractivity contribution in [3.8, 4) is 0 Å². The third kappa shape index (κ3) is 4.55. The van der Waals surface area contributed by atoms with Crippen LogP contribution in [0.5, 0.6) is 0 Å². The molecule has 0 saturated carbocycles. The maximum Gasteiger partial charge on any atom is 0.320 e. The van der Waals surface area contributed by atoms with Crippen LogP contribution in [0.3, 0.4) is 0 Å². The van der Waals surface area contributed by atoms with Crippen LogP contribution in [0.1, 0.15) is 32.6 Å². The van der Waals surface area contributed by atoms with Crippen LogP contribution in [0.25, 0.3) is 0 Å². The number of alkyl halides is 2. The second kappa shape index (κ2) is 4.88. The number of halogens is 2. The van der Waals surface area contributed by atoms with E-state index in [1.807, 2.05) is 0 Å². The molecule has 0 radical (unpaired) electrons. The first kappa shape index (κ1) is 12.4. The van der Waals surface area contributed by atoms with E-state index in [9.17, 15) is 13.6 Å². The minimum absolute atomic E-state index is 0.110. The molecule has 15 heavy (non-hydrogen) atoms. The normalized spacial score (nSPS) is 26.9. The second-order valence-electron chi connectivity index (χ2n) is 4.36. The first-order valence-corrected chi connectivity index (χ1v) is 5.22.